The van der Waals surface area contributed by atoms with E-state index in [4.69, 9.17) is 4.42 Å². The summed E-state index contributed by atoms with van der Waals surface area (Å²) in [5, 5.41) is 18.0. The Hall–Kier alpha value is -2.97. The fourth-order valence-corrected chi connectivity index (χ4v) is 3.73. The molecule has 3 heterocycles. The minimum absolute atomic E-state index is 0.0271. The summed E-state index contributed by atoms with van der Waals surface area (Å²) in [6, 6.07) is 4.80. The lowest BCUT2D eigenvalue weighted by molar-refractivity contribution is -0.130. The van der Waals surface area contributed by atoms with Crippen molar-refractivity contribution < 1.29 is 13.6 Å². The molecule has 27 heavy (non-hydrogen) atoms. The minimum atomic E-state index is -0.423. The zero-order chi connectivity index (χ0) is 18.4. The summed E-state index contributed by atoms with van der Waals surface area (Å²) >= 11 is 0. The molecule has 2 aromatic heterocycles. The number of nitrogens with zero attached hydrogens (tertiary/aromatic N) is 4. The molecule has 1 amide bonds. The molecule has 1 saturated heterocycles. The molecule has 1 aliphatic carbocycles. The Labute approximate surface area is 154 Å². The van der Waals surface area contributed by atoms with Crippen molar-refractivity contribution in [3.05, 3.63) is 24.0 Å². The smallest absolute Gasteiger partial charge is 0.316 e. The largest absolute Gasteiger partial charge is 0.402 e. The van der Waals surface area contributed by atoms with Gasteiger partial charge in [-0.2, -0.15) is 5.10 Å². The van der Waals surface area contributed by atoms with Gasteiger partial charge in [0.25, 0.3) is 5.89 Å². The van der Waals surface area contributed by atoms with Gasteiger partial charge in [0.05, 0.1) is 6.54 Å². The zero-order valence-electron chi connectivity index (χ0n) is 14.7. The van der Waals surface area contributed by atoms with Crippen molar-refractivity contribution in [2.75, 3.05) is 25.0 Å². The van der Waals surface area contributed by atoms with E-state index in [1.54, 1.807) is 12.1 Å². The van der Waals surface area contributed by atoms with E-state index in [1.165, 1.54) is 18.9 Å². The number of hydrogen-bond acceptors (Lipinski definition) is 6. The normalized spacial score (nSPS) is 18.2. The molecule has 2 fully saturated rings. The van der Waals surface area contributed by atoms with E-state index in [0.717, 1.165) is 25.9 Å². The molecule has 0 bridgehead atoms. The van der Waals surface area contributed by atoms with Crippen LogP contribution in [0.4, 0.5) is 10.4 Å². The van der Waals surface area contributed by atoms with Crippen LogP contribution in [-0.4, -0.2) is 50.8 Å². The summed E-state index contributed by atoms with van der Waals surface area (Å²) < 4.78 is 19.3. The van der Waals surface area contributed by atoms with Crippen molar-refractivity contribution in [2.24, 2.45) is 5.41 Å². The Kier molecular flexibility index (Phi) is 3.63. The van der Waals surface area contributed by atoms with Crippen molar-refractivity contribution >= 4 is 22.8 Å². The number of rotatable bonds is 4. The summed E-state index contributed by atoms with van der Waals surface area (Å²) in [5.41, 5.74) is 1.20. The number of fused-ring (bicyclic) bond motifs is 1. The molecule has 0 unspecified atom stereocenters. The van der Waals surface area contributed by atoms with E-state index >= 15 is 0 Å². The molecule has 9 heteroatoms. The predicted octanol–water partition coefficient (Wildman–Crippen LogP) is 2.57. The quantitative estimate of drug-likeness (QED) is 0.732. The minimum Gasteiger partial charge on any atom is -0.402 e. The van der Waals surface area contributed by atoms with Crippen LogP contribution in [0.1, 0.15) is 25.7 Å². The number of H-pyrrole nitrogens is 1. The highest BCUT2D eigenvalue weighted by molar-refractivity contribution is 5.91. The molecule has 2 aliphatic rings. The summed E-state index contributed by atoms with van der Waals surface area (Å²) in [7, 11) is 0. The number of amides is 1. The van der Waals surface area contributed by atoms with Gasteiger partial charge in [0.15, 0.2) is 5.82 Å². The summed E-state index contributed by atoms with van der Waals surface area (Å²) in [5.74, 6) is -0.209. The lowest BCUT2D eigenvalue weighted by atomic mass is 9.94. The second kappa shape index (κ2) is 6.04. The van der Waals surface area contributed by atoms with Gasteiger partial charge in [0, 0.05) is 18.5 Å². The van der Waals surface area contributed by atoms with E-state index in [-0.39, 0.29) is 29.9 Å². The summed E-state index contributed by atoms with van der Waals surface area (Å²) in [4.78, 5) is 14.3. The van der Waals surface area contributed by atoms with Crippen LogP contribution in [0.3, 0.4) is 0 Å². The molecule has 8 nitrogen and oxygen atoms in total. The first-order chi connectivity index (χ1) is 13.1. The van der Waals surface area contributed by atoms with Crippen LogP contribution in [0.5, 0.6) is 0 Å². The zero-order valence-corrected chi connectivity index (χ0v) is 14.7. The number of aromatic nitrogens is 4. The fourth-order valence-electron chi connectivity index (χ4n) is 3.73. The lowest BCUT2D eigenvalue weighted by Crippen LogP contribution is -2.41. The maximum atomic E-state index is 13.8. The number of benzene rings is 1. The lowest BCUT2D eigenvalue weighted by Gasteiger charge is -2.32. The van der Waals surface area contributed by atoms with Crippen LogP contribution >= 0.6 is 0 Å². The third-order valence-electron chi connectivity index (χ3n) is 5.70. The number of aromatic amines is 1. The van der Waals surface area contributed by atoms with Crippen LogP contribution in [0.15, 0.2) is 22.6 Å². The molecular weight excluding hydrogens is 351 g/mol. The van der Waals surface area contributed by atoms with E-state index in [0.29, 0.717) is 16.5 Å². The van der Waals surface area contributed by atoms with Gasteiger partial charge in [-0.05, 0) is 37.2 Å². The van der Waals surface area contributed by atoms with Crippen molar-refractivity contribution in [1.82, 2.24) is 25.3 Å². The maximum absolute atomic E-state index is 13.8. The molecule has 1 aliphatic heterocycles. The van der Waals surface area contributed by atoms with Crippen molar-refractivity contribution in [2.45, 2.75) is 25.7 Å². The van der Waals surface area contributed by atoms with Gasteiger partial charge in [-0.15, -0.1) is 5.10 Å². The highest BCUT2D eigenvalue weighted by Crippen LogP contribution is 2.53. The van der Waals surface area contributed by atoms with Crippen LogP contribution < -0.4 is 5.32 Å². The van der Waals surface area contributed by atoms with Crippen LogP contribution in [0.25, 0.3) is 22.5 Å². The molecule has 5 rings (SSSR count). The highest BCUT2D eigenvalue weighted by Gasteiger charge is 2.44. The number of nitrogens with one attached hydrogen (secondary N) is 2. The number of hydrogen-bond donors (Lipinski definition) is 2. The fraction of sp³-hybridized carbons (Fsp3) is 0.444. The third-order valence-corrected chi connectivity index (χ3v) is 5.70. The first-order valence-corrected chi connectivity index (χ1v) is 9.12. The number of anilines is 1. The monoisotopic (exact) mass is 370 g/mol. The summed E-state index contributed by atoms with van der Waals surface area (Å²) in [6.45, 7) is 1.75. The summed E-state index contributed by atoms with van der Waals surface area (Å²) in [6.07, 6.45) is 4.83. The topological polar surface area (TPSA) is 99.9 Å². The van der Waals surface area contributed by atoms with E-state index < -0.39 is 5.82 Å². The molecule has 2 N–H and O–H groups in total. The second-order valence-electron chi connectivity index (χ2n) is 7.38. The Morgan fingerprint density at radius 3 is 2.85 bits per heavy atom. The van der Waals surface area contributed by atoms with Crippen LogP contribution in [-0.2, 0) is 4.79 Å². The van der Waals surface area contributed by atoms with Crippen LogP contribution in [0.2, 0.25) is 0 Å². The number of likely N-dealkylation sites (tertiary alicyclic amines) is 1. The van der Waals surface area contributed by atoms with Crippen molar-refractivity contribution in [1.29, 1.82) is 0 Å². The molecule has 1 saturated carbocycles. The molecule has 140 valence electrons. The number of halogens is 1. The van der Waals surface area contributed by atoms with E-state index in [1.807, 2.05) is 4.90 Å². The predicted molar refractivity (Wildman–Crippen MR) is 95.3 cm³/mol. The first kappa shape index (κ1) is 16.2. The number of carbonyl (C=O) groups is 1. The Morgan fingerprint density at radius 1 is 1.26 bits per heavy atom. The molecular formula is C18H19FN6O2. The average Bonchev–Trinajstić information content (AvgIpc) is 3.09. The van der Waals surface area contributed by atoms with Gasteiger partial charge < -0.3 is 14.6 Å². The molecule has 3 aromatic rings. The number of carbonyl (C=O) groups excluding carboxylic acids is 1. The van der Waals surface area contributed by atoms with Gasteiger partial charge in [0.1, 0.15) is 11.2 Å². The highest BCUT2D eigenvalue weighted by atomic mass is 19.1. The Morgan fingerprint density at radius 2 is 2.07 bits per heavy atom. The van der Waals surface area contributed by atoms with Gasteiger partial charge in [-0.25, -0.2) is 4.39 Å². The Bertz CT molecular complexity index is 998. The molecule has 0 atom stereocenters. The average molecular weight is 370 g/mol. The van der Waals surface area contributed by atoms with E-state index in [9.17, 15) is 9.18 Å². The van der Waals surface area contributed by atoms with Gasteiger partial charge in [-0.3, -0.25) is 9.89 Å². The Balaban J connectivity index is 1.24. The number of para-hydroxylation sites is 1. The standard InChI is InChI=1S/C18H19FN6O2/c19-12-3-1-2-11-14(12)21-22-15(11)16-23-24-17(27-16)20-10-13(26)25-8-6-18(4-5-18)7-9-25/h1-3H,4-10H2,(H,20,24)(H,21,22). The number of piperidine rings is 1. The van der Waals surface area contributed by atoms with Crippen molar-refractivity contribution in [3.8, 4) is 11.6 Å². The molecule has 1 spiro atoms. The van der Waals surface area contributed by atoms with Gasteiger partial charge in [-0.1, -0.05) is 17.2 Å². The van der Waals surface area contributed by atoms with Gasteiger partial charge in [0.2, 0.25) is 5.91 Å². The second-order valence-corrected chi connectivity index (χ2v) is 7.38. The molecule has 0 radical (unpaired) electrons. The van der Waals surface area contributed by atoms with Crippen LogP contribution in [0, 0.1) is 11.2 Å². The van der Waals surface area contributed by atoms with E-state index in [2.05, 4.69) is 25.7 Å². The maximum Gasteiger partial charge on any atom is 0.316 e. The van der Waals surface area contributed by atoms with Crippen molar-refractivity contribution in [3.63, 3.8) is 0 Å². The van der Waals surface area contributed by atoms with Gasteiger partial charge >= 0.3 is 6.01 Å². The third kappa shape index (κ3) is 2.92. The molecule has 1 aromatic carbocycles. The first-order valence-electron chi connectivity index (χ1n) is 9.12. The SMILES string of the molecule is O=C(CNc1nnc(-c2[nH]nc3c(F)cccc23)o1)N1CCC2(CC1)CC2.